The number of hydrogen-bond donors (Lipinski definition) is 0. The van der Waals surface area contributed by atoms with Crippen LogP contribution < -0.4 is 0 Å². The lowest BCUT2D eigenvalue weighted by Crippen LogP contribution is -2.30. The van der Waals surface area contributed by atoms with Crippen LogP contribution in [0.2, 0.25) is 0 Å². The summed E-state index contributed by atoms with van der Waals surface area (Å²) < 4.78 is 40.7. The molecule has 1 nitrogen and oxygen atoms in total. The summed E-state index contributed by atoms with van der Waals surface area (Å²) in [6, 6.07) is 17.8. The first-order chi connectivity index (χ1) is 14.3. The average molecular weight is 406 g/mol. The second-order valence-corrected chi connectivity index (χ2v) is 7.90. The van der Waals surface area contributed by atoms with E-state index in [1.54, 1.807) is 0 Å². The number of fused-ring (bicyclic) bond motifs is 3. The lowest BCUT2D eigenvalue weighted by Gasteiger charge is -2.22. The van der Waals surface area contributed by atoms with Gasteiger partial charge in [-0.15, -0.1) is 6.58 Å². The molecule has 152 valence electrons. The van der Waals surface area contributed by atoms with Crippen LogP contribution in [-0.4, -0.2) is 17.3 Å². The fourth-order valence-electron chi connectivity index (χ4n) is 4.50. The fourth-order valence-corrected chi connectivity index (χ4v) is 4.50. The van der Waals surface area contributed by atoms with Crippen molar-refractivity contribution in [1.29, 1.82) is 0 Å². The van der Waals surface area contributed by atoms with Crippen LogP contribution in [0.1, 0.15) is 30.0 Å². The van der Waals surface area contributed by atoms with Gasteiger partial charge in [-0.1, -0.05) is 42.5 Å². The third-order valence-electron chi connectivity index (χ3n) is 5.97. The van der Waals surface area contributed by atoms with Crippen molar-refractivity contribution in [2.45, 2.75) is 24.9 Å². The quantitative estimate of drug-likeness (QED) is 0.320. The number of alkyl halides is 3. The lowest BCUT2D eigenvalue weighted by atomic mass is 9.74. The van der Waals surface area contributed by atoms with E-state index in [4.69, 9.17) is 0 Å². The fraction of sp³-hybridized carbons (Fsp3) is 0.192. The topological polar surface area (TPSA) is 3.01 Å². The number of rotatable bonds is 4. The molecule has 1 aliphatic heterocycles. The minimum absolute atomic E-state index is 0.283. The molecule has 1 unspecified atom stereocenters. The van der Waals surface area contributed by atoms with Gasteiger partial charge in [0.15, 0.2) is 5.71 Å². The van der Waals surface area contributed by atoms with Crippen molar-refractivity contribution in [1.82, 2.24) is 0 Å². The predicted octanol–water partition coefficient (Wildman–Crippen LogP) is 7.13. The summed E-state index contributed by atoms with van der Waals surface area (Å²) in [5, 5.41) is 2.40. The van der Waals surface area contributed by atoms with Crippen LogP contribution in [0, 0.1) is 0 Å². The van der Waals surface area contributed by atoms with Crippen molar-refractivity contribution >= 4 is 28.2 Å². The van der Waals surface area contributed by atoms with Crippen LogP contribution in [0.5, 0.6) is 0 Å². The summed E-state index contributed by atoms with van der Waals surface area (Å²) in [4.78, 5) is 0. The molecular formula is C26H23F3N+. The number of hydrogen-bond acceptors (Lipinski definition) is 0. The van der Waals surface area contributed by atoms with Gasteiger partial charge in [-0.3, -0.25) is 0 Å². The Kier molecular flexibility index (Phi) is 4.89. The Morgan fingerprint density at radius 3 is 2.33 bits per heavy atom. The standard InChI is InChI=1S/C26H23F3N/c1-4-17-25(2)23(16-11-18-9-13-20(14-10-18)26(27,28)29)30(3)22-15-12-19-7-5-6-8-21(19)24(22)25/h4-16H,1,17H2,2-3H3/q+1/b16-11+. The number of allylic oxidation sites excluding steroid dienone is 2. The third-order valence-corrected chi connectivity index (χ3v) is 5.97. The molecule has 0 saturated carbocycles. The van der Waals surface area contributed by atoms with E-state index in [-0.39, 0.29) is 5.41 Å². The predicted molar refractivity (Wildman–Crippen MR) is 117 cm³/mol. The van der Waals surface area contributed by atoms with Crippen molar-refractivity contribution in [3.63, 3.8) is 0 Å². The van der Waals surface area contributed by atoms with Crippen LogP contribution in [0.3, 0.4) is 0 Å². The molecule has 0 amide bonds. The Hall–Kier alpha value is -3.14. The molecule has 0 fully saturated rings. The molecule has 1 aliphatic rings. The molecule has 0 N–H and O–H groups in total. The lowest BCUT2D eigenvalue weighted by molar-refractivity contribution is -0.401. The first-order valence-electron chi connectivity index (χ1n) is 9.85. The van der Waals surface area contributed by atoms with Gasteiger partial charge < -0.3 is 0 Å². The monoisotopic (exact) mass is 406 g/mol. The molecule has 1 heterocycles. The highest BCUT2D eigenvalue weighted by Crippen LogP contribution is 2.46. The van der Waals surface area contributed by atoms with Crippen molar-refractivity contribution in [2.24, 2.45) is 0 Å². The van der Waals surface area contributed by atoms with Gasteiger partial charge in [-0.25, -0.2) is 0 Å². The van der Waals surface area contributed by atoms with Crippen molar-refractivity contribution < 1.29 is 17.7 Å². The molecule has 0 radical (unpaired) electrons. The van der Waals surface area contributed by atoms with Crippen molar-refractivity contribution in [2.75, 3.05) is 7.05 Å². The minimum atomic E-state index is -4.33. The second kappa shape index (κ2) is 7.28. The van der Waals surface area contributed by atoms with Gasteiger partial charge in [-0.2, -0.15) is 17.7 Å². The molecule has 1 atom stereocenters. The number of benzene rings is 3. The molecule has 0 aromatic heterocycles. The summed E-state index contributed by atoms with van der Waals surface area (Å²) in [5.74, 6) is 0. The van der Waals surface area contributed by atoms with Gasteiger partial charge in [0.2, 0.25) is 5.69 Å². The largest absolute Gasteiger partial charge is 0.416 e. The van der Waals surface area contributed by atoms with Gasteiger partial charge in [0.25, 0.3) is 0 Å². The zero-order valence-corrected chi connectivity index (χ0v) is 17.0. The van der Waals surface area contributed by atoms with Crippen LogP contribution >= 0.6 is 0 Å². The smallest absolute Gasteiger partial charge is 0.198 e. The van der Waals surface area contributed by atoms with Crippen molar-refractivity contribution in [3.8, 4) is 0 Å². The Morgan fingerprint density at radius 1 is 0.967 bits per heavy atom. The minimum Gasteiger partial charge on any atom is -0.198 e. The molecule has 4 rings (SSSR count). The van der Waals surface area contributed by atoms with Crippen LogP contribution in [0.15, 0.2) is 79.4 Å². The molecule has 3 aromatic rings. The SMILES string of the molecule is C=CCC1(C)C(/C=C/c2ccc(C(F)(F)F)cc2)=[N+](C)c2ccc3ccccc3c21. The number of halogens is 3. The van der Waals surface area contributed by atoms with Crippen LogP contribution in [-0.2, 0) is 11.6 Å². The maximum Gasteiger partial charge on any atom is 0.416 e. The molecule has 30 heavy (non-hydrogen) atoms. The highest BCUT2D eigenvalue weighted by atomic mass is 19.4. The van der Waals surface area contributed by atoms with E-state index in [0.29, 0.717) is 0 Å². The van der Waals surface area contributed by atoms with Gasteiger partial charge >= 0.3 is 6.18 Å². The van der Waals surface area contributed by atoms with Crippen LogP contribution in [0.4, 0.5) is 18.9 Å². The van der Waals surface area contributed by atoms with E-state index >= 15 is 0 Å². The van der Waals surface area contributed by atoms with Gasteiger partial charge in [0.05, 0.1) is 11.0 Å². The summed E-state index contributed by atoms with van der Waals surface area (Å²) >= 11 is 0. The Bertz CT molecular complexity index is 1180. The molecule has 0 saturated heterocycles. The molecule has 3 aromatic carbocycles. The molecule has 0 bridgehead atoms. The molecule has 4 heteroatoms. The van der Waals surface area contributed by atoms with Crippen molar-refractivity contribution in [3.05, 3.63) is 96.1 Å². The first kappa shape index (κ1) is 20.1. The summed E-state index contributed by atoms with van der Waals surface area (Å²) in [7, 11) is 2.04. The van der Waals surface area contributed by atoms with E-state index in [1.165, 1.54) is 28.5 Å². The summed E-state index contributed by atoms with van der Waals surface area (Å²) in [5.41, 5.74) is 3.30. The zero-order chi connectivity index (χ0) is 21.5. The van der Waals surface area contributed by atoms with E-state index in [9.17, 15) is 13.2 Å². The molecule has 0 aliphatic carbocycles. The van der Waals surface area contributed by atoms with E-state index in [2.05, 4.69) is 42.3 Å². The van der Waals surface area contributed by atoms with Gasteiger partial charge in [0.1, 0.15) is 7.05 Å². The van der Waals surface area contributed by atoms with Crippen LogP contribution in [0.25, 0.3) is 16.8 Å². The highest BCUT2D eigenvalue weighted by Gasteiger charge is 2.46. The van der Waals surface area contributed by atoms with Gasteiger partial charge in [-0.05, 0) is 54.0 Å². The Balaban J connectivity index is 1.79. The maximum absolute atomic E-state index is 12.8. The third kappa shape index (κ3) is 3.26. The van der Waals surface area contributed by atoms with E-state index < -0.39 is 11.7 Å². The Morgan fingerprint density at radius 2 is 1.67 bits per heavy atom. The maximum atomic E-state index is 12.8. The summed E-state index contributed by atoms with van der Waals surface area (Å²) in [6.45, 7) is 6.17. The summed E-state index contributed by atoms with van der Waals surface area (Å²) in [6.07, 6.45) is 2.25. The number of nitrogens with zero attached hydrogens (tertiary/aromatic N) is 1. The highest BCUT2D eigenvalue weighted by molar-refractivity contribution is 6.09. The van der Waals surface area contributed by atoms with Gasteiger partial charge in [0, 0.05) is 17.7 Å². The second-order valence-electron chi connectivity index (χ2n) is 7.90. The van der Waals surface area contributed by atoms with E-state index in [0.717, 1.165) is 35.5 Å². The Labute approximate surface area is 174 Å². The molecule has 0 spiro atoms. The average Bonchev–Trinajstić information content (AvgIpc) is 2.93. The molecular weight excluding hydrogens is 383 g/mol. The normalized spacial score (nSPS) is 19.0. The first-order valence-corrected chi connectivity index (χ1v) is 9.85. The van der Waals surface area contributed by atoms with E-state index in [1.807, 2.05) is 37.4 Å². The zero-order valence-electron chi connectivity index (χ0n) is 17.0.